The highest BCUT2D eigenvalue weighted by atomic mass is 16.4. The van der Waals surface area contributed by atoms with Gasteiger partial charge in [0.25, 0.3) is 5.56 Å². The zero-order valence-electron chi connectivity index (χ0n) is 9.42. The number of fused-ring (bicyclic) bond motifs is 1. The minimum atomic E-state index is -1.29. The fourth-order valence-electron chi connectivity index (χ4n) is 1.78. The number of nitrogens with one attached hydrogen (secondary N) is 3. The Morgan fingerprint density at radius 1 is 1.50 bits per heavy atom. The molecule has 0 aliphatic carbocycles. The second kappa shape index (κ2) is 4.80. The molecule has 0 aromatic carbocycles. The minimum absolute atomic E-state index is 0.0116. The number of aliphatic hydroxyl groups excluding tert-OH is 3. The number of aromatic nitrogens is 2. The summed E-state index contributed by atoms with van der Waals surface area (Å²) in [4.78, 5) is 17.8. The molecule has 1 aliphatic rings. The van der Waals surface area contributed by atoms with Crippen molar-refractivity contribution in [2.24, 2.45) is 0 Å². The minimum Gasteiger partial charge on any atom is -0.394 e. The Hall–Kier alpha value is -1.84. The molecule has 1 aromatic heterocycles. The molecule has 2 unspecified atom stereocenters. The monoisotopic (exact) mass is 257 g/mol. The molecule has 0 spiro atoms. The van der Waals surface area contributed by atoms with Gasteiger partial charge in [-0.1, -0.05) is 0 Å². The molecule has 1 aromatic rings. The van der Waals surface area contributed by atoms with E-state index in [0.29, 0.717) is 0 Å². The highest BCUT2D eigenvalue weighted by molar-refractivity contribution is 5.67. The number of nitrogens with two attached hydrogens (primary N) is 1. The Balaban J connectivity index is 2.22. The van der Waals surface area contributed by atoms with Crippen LogP contribution in [0.2, 0.25) is 0 Å². The molecule has 0 saturated heterocycles. The zero-order chi connectivity index (χ0) is 13.3. The van der Waals surface area contributed by atoms with Gasteiger partial charge in [0, 0.05) is 6.54 Å². The summed E-state index contributed by atoms with van der Waals surface area (Å²) in [6.07, 6.45) is -2.50. The largest absolute Gasteiger partial charge is 0.394 e. The van der Waals surface area contributed by atoms with Crippen molar-refractivity contribution >= 4 is 17.5 Å². The van der Waals surface area contributed by atoms with Crippen molar-refractivity contribution in [3.63, 3.8) is 0 Å². The highest BCUT2D eigenvalue weighted by Gasteiger charge is 2.30. The lowest BCUT2D eigenvalue weighted by molar-refractivity contribution is -0.0210. The smallest absolute Gasteiger partial charge is 0.277 e. The Morgan fingerprint density at radius 3 is 2.89 bits per heavy atom. The van der Waals surface area contributed by atoms with Crippen molar-refractivity contribution in [1.29, 1.82) is 0 Å². The van der Waals surface area contributed by atoms with Crippen LogP contribution in [-0.2, 0) is 0 Å². The molecule has 9 nitrogen and oxygen atoms in total. The third-order valence-corrected chi connectivity index (χ3v) is 2.75. The number of nitrogens with zero attached hydrogens (tertiary/aromatic N) is 1. The van der Waals surface area contributed by atoms with Gasteiger partial charge in [-0.15, -0.1) is 0 Å². The first kappa shape index (κ1) is 12.6. The highest BCUT2D eigenvalue weighted by Crippen LogP contribution is 2.21. The average molecular weight is 257 g/mol. The van der Waals surface area contributed by atoms with E-state index in [1.807, 2.05) is 0 Å². The topological polar surface area (TPSA) is 157 Å². The number of rotatable bonds is 3. The van der Waals surface area contributed by atoms with Gasteiger partial charge in [-0.3, -0.25) is 9.78 Å². The van der Waals surface area contributed by atoms with Crippen LogP contribution in [0.5, 0.6) is 0 Å². The number of aromatic amines is 1. The number of aliphatic hydroxyl groups is 3. The van der Waals surface area contributed by atoms with Crippen LogP contribution in [0.3, 0.4) is 0 Å². The van der Waals surface area contributed by atoms with E-state index in [9.17, 15) is 15.0 Å². The Morgan fingerprint density at radius 2 is 2.22 bits per heavy atom. The van der Waals surface area contributed by atoms with Gasteiger partial charge in [0.2, 0.25) is 5.95 Å². The van der Waals surface area contributed by atoms with E-state index in [2.05, 4.69) is 20.6 Å². The van der Waals surface area contributed by atoms with Gasteiger partial charge in [-0.25, -0.2) is 0 Å². The molecule has 0 bridgehead atoms. The molecule has 1 aliphatic heterocycles. The van der Waals surface area contributed by atoms with Crippen molar-refractivity contribution in [3.05, 3.63) is 10.4 Å². The fraction of sp³-hybridized carbons (Fsp3) is 0.556. The van der Waals surface area contributed by atoms with Gasteiger partial charge in [0.15, 0.2) is 5.82 Å². The van der Waals surface area contributed by atoms with Gasteiger partial charge in [-0.2, -0.15) is 4.98 Å². The third-order valence-electron chi connectivity index (χ3n) is 2.75. The molecule has 8 N–H and O–H groups in total. The quantitative estimate of drug-likeness (QED) is 0.307. The van der Waals surface area contributed by atoms with Crippen LogP contribution in [0.25, 0.3) is 0 Å². The van der Waals surface area contributed by atoms with Crippen LogP contribution >= 0.6 is 0 Å². The van der Waals surface area contributed by atoms with Crippen LogP contribution in [0.4, 0.5) is 17.5 Å². The maximum Gasteiger partial charge on any atom is 0.277 e. The van der Waals surface area contributed by atoms with Crippen LogP contribution in [0.1, 0.15) is 0 Å². The first-order chi connectivity index (χ1) is 8.52. The number of hydrogen-bond acceptors (Lipinski definition) is 8. The molecule has 100 valence electrons. The standard InChI is InChI=1S/C9H15N5O4/c10-9-13-7-5(8(18)14-9)12-3(1-11-7)6(17)4(16)2-15/h3-4,6,12,15-17H,1-2H2,(H4,10,11,13,14,18)/t3-,4?,6?/m1/s1. The molecule has 0 fully saturated rings. The van der Waals surface area contributed by atoms with Crippen LogP contribution in [0, 0.1) is 0 Å². The number of anilines is 3. The van der Waals surface area contributed by atoms with Crippen LogP contribution in [-0.4, -0.2) is 56.7 Å². The second-order valence-electron chi connectivity index (χ2n) is 4.05. The van der Waals surface area contributed by atoms with E-state index in [-0.39, 0.29) is 24.0 Å². The summed E-state index contributed by atoms with van der Waals surface area (Å²) in [5.41, 5.74) is 5.06. The van der Waals surface area contributed by atoms with Crippen molar-refractivity contribution in [2.75, 3.05) is 29.5 Å². The summed E-state index contributed by atoms with van der Waals surface area (Å²) in [7, 11) is 0. The summed E-state index contributed by atoms with van der Waals surface area (Å²) >= 11 is 0. The van der Waals surface area contributed by atoms with E-state index < -0.39 is 30.4 Å². The van der Waals surface area contributed by atoms with Gasteiger partial charge in [-0.05, 0) is 0 Å². The number of hydrogen-bond donors (Lipinski definition) is 7. The van der Waals surface area contributed by atoms with E-state index in [0.717, 1.165) is 0 Å². The predicted molar refractivity (Wildman–Crippen MR) is 64.3 cm³/mol. The van der Waals surface area contributed by atoms with E-state index in [1.165, 1.54) is 0 Å². The molecular formula is C9H15N5O4. The summed E-state index contributed by atoms with van der Waals surface area (Å²) < 4.78 is 0. The lowest BCUT2D eigenvalue weighted by atomic mass is 10.0. The fourth-order valence-corrected chi connectivity index (χ4v) is 1.78. The summed E-state index contributed by atoms with van der Waals surface area (Å²) in [5.74, 6) is 0.278. The molecule has 2 rings (SSSR count). The molecule has 0 amide bonds. The Labute approximate surface area is 102 Å². The molecule has 0 radical (unpaired) electrons. The Bertz CT molecular complexity index is 490. The molecule has 2 heterocycles. The summed E-state index contributed by atoms with van der Waals surface area (Å²) in [6, 6.07) is -0.619. The van der Waals surface area contributed by atoms with Gasteiger partial charge < -0.3 is 31.7 Å². The summed E-state index contributed by atoms with van der Waals surface area (Å²) in [5, 5.41) is 33.5. The van der Waals surface area contributed by atoms with Crippen molar-refractivity contribution in [1.82, 2.24) is 9.97 Å². The van der Waals surface area contributed by atoms with Gasteiger partial charge in [0.1, 0.15) is 17.9 Å². The number of nitrogen functional groups attached to an aromatic ring is 1. The summed E-state index contributed by atoms with van der Waals surface area (Å²) in [6.45, 7) is -0.330. The molecular weight excluding hydrogens is 242 g/mol. The normalized spacial score (nSPS) is 21.4. The molecule has 9 heteroatoms. The molecule has 0 saturated carbocycles. The second-order valence-corrected chi connectivity index (χ2v) is 4.05. The zero-order valence-corrected chi connectivity index (χ0v) is 9.42. The van der Waals surface area contributed by atoms with Crippen molar-refractivity contribution in [3.8, 4) is 0 Å². The lowest BCUT2D eigenvalue weighted by Crippen LogP contribution is -2.50. The maximum absolute atomic E-state index is 11.6. The first-order valence-corrected chi connectivity index (χ1v) is 5.40. The lowest BCUT2D eigenvalue weighted by Gasteiger charge is -2.31. The van der Waals surface area contributed by atoms with Crippen LogP contribution < -0.4 is 21.9 Å². The average Bonchev–Trinajstić information content (AvgIpc) is 2.36. The van der Waals surface area contributed by atoms with Crippen molar-refractivity contribution in [2.45, 2.75) is 18.2 Å². The molecule has 3 atom stereocenters. The van der Waals surface area contributed by atoms with E-state index in [4.69, 9.17) is 10.8 Å². The van der Waals surface area contributed by atoms with Crippen LogP contribution in [0.15, 0.2) is 4.79 Å². The third kappa shape index (κ3) is 2.23. The predicted octanol–water partition coefficient (Wildman–Crippen LogP) is -2.73. The first-order valence-electron chi connectivity index (χ1n) is 5.40. The van der Waals surface area contributed by atoms with Gasteiger partial charge in [0.05, 0.1) is 12.6 Å². The van der Waals surface area contributed by atoms with Gasteiger partial charge >= 0.3 is 0 Å². The maximum atomic E-state index is 11.6. The van der Waals surface area contributed by atoms with Crippen molar-refractivity contribution < 1.29 is 15.3 Å². The van der Waals surface area contributed by atoms with E-state index >= 15 is 0 Å². The molecule has 18 heavy (non-hydrogen) atoms. The number of H-pyrrole nitrogens is 1. The SMILES string of the molecule is Nc1nc2c(c(=O)[nH]1)N[C@@H](C(O)C(O)CO)CN2. The van der Waals surface area contributed by atoms with E-state index in [1.54, 1.807) is 0 Å². The Kier molecular flexibility index (Phi) is 3.36.